The third kappa shape index (κ3) is 2.98. The van der Waals surface area contributed by atoms with Gasteiger partial charge in [-0.3, -0.25) is 4.79 Å². The molecule has 6 nitrogen and oxygen atoms in total. The number of halogens is 2. The predicted molar refractivity (Wildman–Crippen MR) is 80.0 cm³/mol. The molecule has 0 saturated heterocycles. The first-order valence-electron chi connectivity index (χ1n) is 7.00. The van der Waals surface area contributed by atoms with E-state index in [2.05, 4.69) is 15.1 Å². The molecule has 0 atom stereocenters. The van der Waals surface area contributed by atoms with Crippen molar-refractivity contribution in [2.24, 2.45) is 0 Å². The molecule has 2 aromatic heterocycles. The summed E-state index contributed by atoms with van der Waals surface area (Å²) < 4.78 is 28.0. The van der Waals surface area contributed by atoms with Crippen LogP contribution in [-0.2, 0) is 6.42 Å². The number of aromatic hydroxyl groups is 1. The molecular formula is C16H12F2N4O2. The minimum atomic E-state index is -0.968. The van der Waals surface area contributed by atoms with Crippen molar-refractivity contribution in [1.29, 1.82) is 0 Å². The van der Waals surface area contributed by atoms with Gasteiger partial charge in [-0.25, -0.2) is 14.1 Å². The number of ketones is 1. The lowest BCUT2D eigenvalue weighted by Gasteiger charge is -2.02. The van der Waals surface area contributed by atoms with E-state index in [0.29, 0.717) is 11.3 Å². The van der Waals surface area contributed by atoms with Crippen molar-refractivity contribution in [3.05, 3.63) is 65.1 Å². The van der Waals surface area contributed by atoms with E-state index in [9.17, 15) is 18.7 Å². The largest absolute Gasteiger partial charge is 0.491 e. The molecule has 0 aliphatic rings. The summed E-state index contributed by atoms with van der Waals surface area (Å²) >= 11 is 0. The smallest absolute Gasteiger partial charge is 0.254 e. The zero-order valence-electron chi connectivity index (χ0n) is 12.6. The van der Waals surface area contributed by atoms with E-state index in [1.165, 1.54) is 19.2 Å². The maximum atomic E-state index is 13.8. The molecule has 8 heteroatoms. The summed E-state index contributed by atoms with van der Waals surface area (Å²) in [6.07, 6.45) is 2.26. The molecule has 122 valence electrons. The Morgan fingerprint density at radius 2 is 2.00 bits per heavy atom. The van der Waals surface area contributed by atoms with Crippen molar-refractivity contribution >= 4 is 5.78 Å². The SMILES string of the molecule is CC(=O)c1cn(-c2ncc(F)c(O)n2)nc1Cc1ccccc1F. The van der Waals surface area contributed by atoms with Gasteiger partial charge in [0.1, 0.15) is 5.82 Å². The van der Waals surface area contributed by atoms with Crippen LogP contribution in [0.2, 0.25) is 0 Å². The van der Waals surface area contributed by atoms with Crippen molar-refractivity contribution in [2.75, 3.05) is 0 Å². The maximum absolute atomic E-state index is 13.8. The fourth-order valence-electron chi connectivity index (χ4n) is 2.22. The van der Waals surface area contributed by atoms with Crippen LogP contribution in [0.15, 0.2) is 36.7 Å². The number of aromatic nitrogens is 4. The average molecular weight is 330 g/mol. The van der Waals surface area contributed by atoms with Gasteiger partial charge in [0.25, 0.3) is 11.8 Å². The summed E-state index contributed by atoms with van der Waals surface area (Å²) in [4.78, 5) is 19.1. The summed E-state index contributed by atoms with van der Waals surface area (Å²) in [5.41, 5.74) is 0.985. The second-order valence-corrected chi connectivity index (χ2v) is 5.10. The van der Waals surface area contributed by atoms with Crippen LogP contribution in [0.25, 0.3) is 5.95 Å². The molecular weight excluding hydrogens is 318 g/mol. The quantitative estimate of drug-likeness (QED) is 0.743. The normalized spacial score (nSPS) is 10.8. The Labute approximate surface area is 135 Å². The fraction of sp³-hybridized carbons (Fsp3) is 0.125. The summed E-state index contributed by atoms with van der Waals surface area (Å²) in [5.74, 6) is -2.56. The van der Waals surface area contributed by atoms with Gasteiger partial charge in [-0.2, -0.15) is 14.5 Å². The van der Waals surface area contributed by atoms with Crippen molar-refractivity contribution in [2.45, 2.75) is 13.3 Å². The van der Waals surface area contributed by atoms with E-state index in [1.54, 1.807) is 18.2 Å². The van der Waals surface area contributed by atoms with Gasteiger partial charge in [-0.05, 0) is 18.6 Å². The van der Waals surface area contributed by atoms with Gasteiger partial charge in [-0.15, -0.1) is 0 Å². The first-order valence-corrected chi connectivity index (χ1v) is 7.00. The Morgan fingerprint density at radius 3 is 2.67 bits per heavy atom. The summed E-state index contributed by atoms with van der Waals surface area (Å²) in [7, 11) is 0. The van der Waals surface area contributed by atoms with Gasteiger partial charge in [0.2, 0.25) is 5.82 Å². The van der Waals surface area contributed by atoms with Gasteiger partial charge in [0, 0.05) is 12.6 Å². The predicted octanol–water partition coefficient (Wildman–Crippen LogP) is 2.44. The maximum Gasteiger partial charge on any atom is 0.254 e. The minimum Gasteiger partial charge on any atom is -0.491 e. The Bertz CT molecular complexity index is 924. The van der Waals surface area contributed by atoms with Gasteiger partial charge in [0.15, 0.2) is 5.78 Å². The minimum absolute atomic E-state index is 0.0990. The topological polar surface area (TPSA) is 80.9 Å². The second-order valence-electron chi connectivity index (χ2n) is 5.10. The standard InChI is InChI=1S/C16H12F2N4O2/c1-9(23)11-8-22(16-19-7-13(18)15(24)20-16)21-14(11)6-10-4-2-3-5-12(10)17/h2-5,7-8H,6H2,1H3,(H,19,20,24). The Hall–Kier alpha value is -3.16. The molecule has 1 aromatic carbocycles. The van der Waals surface area contributed by atoms with Crippen molar-refractivity contribution in [3.8, 4) is 11.8 Å². The number of nitrogens with zero attached hydrogens (tertiary/aromatic N) is 4. The van der Waals surface area contributed by atoms with Crippen LogP contribution in [0, 0.1) is 11.6 Å². The highest BCUT2D eigenvalue weighted by atomic mass is 19.1. The van der Waals surface area contributed by atoms with Crippen LogP contribution >= 0.6 is 0 Å². The highest BCUT2D eigenvalue weighted by molar-refractivity contribution is 5.95. The molecule has 0 amide bonds. The molecule has 0 radical (unpaired) electrons. The van der Waals surface area contributed by atoms with Crippen LogP contribution in [0.4, 0.5) is 8.78 Å². The number of hydrogen-bond donors (Lipinski definition) is 1. The van der Waals surface area contributed by atoms with E-state index in [1.807, 2.05) is 0 Å². The Morgan fingerprint density at radius 1 is 1.25 bits per heavy atom. The summed E-state index contributed by atoms with van der Waals surface area (Å²) in [5, 5.41) is 13.5. The zero-order chi connectivity index (χ0) is 17.3. The second kappa shape index (κ2) is 6.15. The molecule has 0 aliphatic heterocycles. The highest BCUT2D eigenvalue weighted by Gasteiger charge is 2.17. The number of hydrogen-bond acceptors (Lipinski definition) is 5. The third-order valence-corrected chi connectivity index (χ3v) is 3.40. The highest BCUT2D eigenvalue weighted by Crippen LogP contribution is 2.18. The first-order chi connectivity index (χ1) is 11.5. The number of Topliss-reactive ketones (excluding diaryl/α,β-unsaturated/α-hetero) is 1. The van der Waals surface area contributed by atoms with Crippen LogP contribution in [0.3, 0.4) is 0 Å². The third-order valence-electron chi connectivity index (χ3n) is 3.40. The lowest BCUT2D eigenvalue weighted by Crippen LogP contribution is -2.03. The van der Waals surface area contributed by atoms with E-state index in [-0.39, 0.29) is 23.7 Å². The average Bonchev–Trinajstić information content (AvgIpc) is 2.96. The van der Waals surface area contributed by atoms with E-state index in [0.717, 1.165) is 10.9 Å². The van der Waals surface area contributed by atoms with Crippen molar-refractivity contribution in [3.63, 3.8) is 0 Å². The Kier molecular flexibility index (Phi) is 4.03. The van der Waals surface area contributed by atoms with Crippen LogP contribution in [0.1, 0.15) is 28.5 Å². The fourth-order valence-corrected chi connectivity index (χ4v) is 2.22. The molecule has 0 fully saturated rings. The van der Waals surface area contributed by atoms with Crippen LogP contribution < -0.4 is 0 Å². The molecule has 24 heavy (non-hydrogen) atoms. The Balaban J connectivity index is 2.03. The monoisotopic (exact) mass is 330 g/mol. The van der Waals surface area contributed by atoms with E-state index in [4.69, 9.17) is 0 Å². The van der Waals surface area contributed by atoms with Gasteiger partial charge >= 0.3 is 0 Å². The molecule has 3 aromatic rings. The van der Waals surface area contributed by atoms with Crippen molar-refractivity contribution < 1.29 is 18.7 Å². The number of carbonyl (C=O) groups is 1. The number of carbonyl (C=O) groups excluding carboxylic acids is 1. The van der Waals surface area contributed by atoms with Gasteiger partial charge < -0.3 is 5.11 Å². The van der Waals surface area contributed by atoms with E-state index >= 15 is 0 Å². The molecule has 2 heterocycles. The van der Waals surface area contributed by atoms with Crippen molar-refractivity contribution in [1.82, 2.24) is 19.7 Å². The molecule has 3 rings (SSSR count). The molecule has 0 unspecified atom stereocenters. The first kappa shape index (κ1) is 15.7. The molecule has 1 N–H and O–H groups in total. The van der Waals surface area contributed by atoms with E-state index < -0.39 is 17.5 Å². The lowest BCUT2D eigenvalue weighted by atomic mass is 10.0. The number of rotatable bonds is 4. The molecule has 0 aliphatic carbocycles. The summed E-state index contributed by atoms with van der Waals surface area (Å²) in [6.45, 7) is 1.36. The van der Waals surface area contributed by atoms with Crippen LogP contribution in [-0.4, -0.2) is 30.6 Å². The molecule has 0 bridgehead atoms. The van der Waals surface area contributed by atoms with Crippen LogP contribution in [0.5, 0.6) is 5.88 Å². The number of benzene rings is 1. The van der Waals surface area contributed by atoms with Gasteiger partial charge in [-0.1, -0.05) is 18.2 Å². The summed E-state index contributed by atoms with van der Waals surface area (Å²) in [6, 6.07) is 6.17. The van der Waals surface area contributed by atoms with Gasteiger partial charge in [0.05, 0.1) is 17.5 Å². The molecule has 0 spiro atoms. The zero-order valence-corrected chi connectivity index (χ0v) is 12.6. The molecule has 0 saturated carbocycles. The lowest BCUT2D eigenvalue weighted by molar-refractivity contribution is 0.101.